The molecule has 10 nitrogen and oxygen atoms in total. The lowest BCUT2D eigenvalue weighted by atomic mass is 9.99. The van der Waals surface area contributed by atoms with Gasteiger partial charge < -0.3 is 13.7 Å². The van der Waals surface area contributed by atoms with Crippen molar-refractivity contribution in [2.75, 3.05) is 20.5 Å². The number of benzene rings is 2. The monoisotopic (exact) mass is 523 g/mol. The van der Waals surface area contributed by atoms with E-state index in [1.54, 1.807) is 23.7 Å². The molecule has 0 fully saturated rings. The van der Waals surface area contributed by atoms with E-state index in [0.717, 1.165) is 17.5 Å². The molecule has 190 valence electrons. The number of hydrogen-bond acceptors (Lipinski definition) is 8. The summed E-state index contributed by atoms with van der Waals surface area (Å²) in [6.45, 7) is 0. The van der Waals surface area contributed by atoms with Crippen molar-refractivity contribution in [3.63, 3.8) is 0 Å². The third kappa shape index (κ3) is 9.19. The van der Waals surface area contributed by atoms with Crippen LogP contribution in [0.1, 0.15) is 18.6 Å². The van der Waals surface area contributed by atoms with Gasteiger partial charge in [-0.05, 0) is 29.7 Å². The zero-order valence-electron chi connectivity index (χ0n) is 18.6. The molecule has 0 bridgehead atoms. The molecule has 0 spiro atoms. The van der Waals surface area contributed by atoms with Gasteiger partial charge in [-0.15, -0.1) is 11.4 Å². The maximum Gasteiger partial charge on any atom is 0.264 e. The lowest BCUT2D eigenvalue weighted by molar-refractivity contribution is -0.865. The van der Waals surface area contributed by atoms with Crippen molar-refractivity contribution in [1.29, 1.82) is 0 Å². The second-order valence-corrected chi connectivity index (χ2v) is 8.63. The van der Waals surface area contributed by atoms with Gasteiger partial charge in [-0.1, -0.05) is 31.7 Å². The Kier molecular flexibility index (Phi) is 11.7. The smallest absolute Gasteiger partial charge is 0.264 e. The molecule has 0 amide bonds. The summed E-state index contributed by atoms with van der Waals surface area (Å²) in [4.78, 5) is 10.9. The number of para-hydroxylation sites is 2. The lowest BCUT2D eigenvalue weighted by Crippen LogP contribution is -2.41. The van der Waals surface area contributed by atoms with E-state index in [1.807, 2.05) is 24.5 Å². The van der Waals surface area contributed by atoms with Crippen molar-refractivity contribution >= 4 is 43.3 Å². The summed E-state index contributed by atoms with van der Waals surface area (Å²) < 4.78 is 56.1. The number of aromatic nitrogens is 2. The van der Waals surface area contributed by atoms with Crippen LogP contribution in [0, 0.1) is 0 Å². The molecule has 4 aromatic rings. The lowest BCUT2D eigenvalue weighted by Gasteiger charge is -2.07. The van der Waals surface area contributed by atoms with Crippen LogP contribution >= 0.6 is 0 Å². The van der Waals surface area contributed by atoms with Gasteiger partial charge in [0.2, 0.25) is 12.4 Å². The van der Waals surface area contributed by atoms with Crippen LogP contribution in [0.15, 0.2) is 73.1 Å². The molecule has 0 aliphatic heterocycles. The number of rotatable bonds is 4. The summed E-state index contributed by atoms with van der Waals surface area (Å²) in [5, 5.41) is 2.39. The van der Waals surface area contributed by atoms with Gasteiger partial charge in [0.25, 0.3) is 11.0 Å². The largest absolute Gasteiger partial charge is 0.784 e. The Morgan fingerprint density at radius 3 is 1.43 bits per heavy atom. The second kappa shape index (κ2) is 13.7. The van der Waals surface area contributed by atoms with Gasteiger partial charge in [-0.3, -0.25) is 13.9 Å². The quantitative estimate of drug-likeness (QED) is 0.219. The highest BCUT2D eigenvalue weighted by Crippen LogP contribution is 2.22. The predicted octanol–water partition coefficient (Wildman–Crippen LogP) is 1.07. The molecule has 35 heavy (non-hydrogen) atoms. The van der Waals surface area contributed by atoms with Crippen LogP contribution in [0.3, 0.4) is 0 Å². The topological polar surface area (TPSA) is 147 Å². The average Bonchev–Trinajstić information content (AvgIpc) is 2.78. The number of nitrogens with zero attached hydrogens (tertiary/aromatic N) is 2. The second-order valence-electron chi connectivity index (χ2n) is 6.82. The minimum Gasteiger partial charge on any atom is -0.784 e. The number of fused-ring (bicyclic) bond motifs is 2. The molecular formula is C23H27N2O8S2-. The Morgan fingerprint density at radius 1 is 0.800 bits per heavy atom. The van der Waals surface area contributed by atoms with Gasteiger partial charge in [0, 0.05) is 40.0 Å². The predicted molar refractivity (Wildman–Crippen MR) is 128 cm³/mol. The Hall–Kier alpha value is -3.16. The molecule has 2 heterocycles. The van der Waals surface area contributed by atoms with Crippen molar-refractivity contribution in [1.82, 2.24) is 0 Å². The first-order chi connectivity index (χ1) is 16.0. The Bertz CT molecular complexity index is 1300. The maximum absolute atomic E-state index is 9.08. The fraction of sp³-hybridized carbons (Fsp3) is 0.217. The van der Waals surface area contributed by atoms with Crippen LogP contribution in [-0.2, 0) is 27.9 Å². The molecule has 0 saturated carbocycles. The summed E-state index contributed by atoms with van der Waals surface area (Å²) in [5.74, 6) is 0. The zero-order chi connectivity index (χ0) is 25.3. The molecule has 0 atom stereocenters. The van der Waals surface area contributed by atoms with Crippen molar-refractivity contribution in [2.24, 2.45) is 0 Å². The summed E-state index contributed by atoms with van der Waals surface area (Å²) in [6.07, 6.45) is 5.39. The molecule has 2 aromatic carbocycles. The molecule has 0 radical (unpaired) electrons. The number of pyridine rings is 2. The molecule has 2 aromatic heterocycles. The molecular weight excluding hydrogens is 496 g/mol. The van der Waals surface area contributed by atoms with Gasteiger partial charge in [0.1, 0.15) is 14.2 Å². The standard InChI is InChI=1S/C21H20N2O2.CH4O3S.CH4.H2O3S/c1-24-22-13-11-16(18-7-3-5-9-20(18)22)15-17-12-14-23(25-2)21-10-6-4-8-19(17)21;1-5(2,3)4;;1-4(2)3/h3-14H,15H2,1-2H3;1H3,(H,2,3,4);1H4;(H2,1,2,3)/q+2;;;/p-3. The third-order valence-corrected chi connectivity index (χ3v) is 4.57. The minimum atomic E-state index is -3.92. The van der Waals surface area contributed by atoms with Crippen LogP contribution in [0.25, 0.3) is 21.8 Å². The fourth-order valence-corrected chi connectivity index (χ4v) is 3.36. The summed E-state index contributed by atoms with van der Waals surface area (Å²) in [6, 6.07) is 20.9. The first-order valence-electron chi connectivity index (χ1n) is 9.66. The van der Waals surface area contributed by atoms with E-state index in [0.29, 0.717) is 6.26 Å². The molecule has 4 rings (SSSR count). The van der Waals surface area contributed by atoms with E-state index in [9.17, 15) is 0 Å². The first-order valence-corrected chi connectivity index (χ1v) is 12.5. The van der Waals surface area contributed by atoms with Crippen LogP contribution < -0.4 is 19.1 Å². The molecule has 0 N–H and O–H groups in total. The average molecular weight is 524 g/mol. The van der Waals surface area contributed by atoms with Crippen molar-refractivity contribution in [3.05, 3.63) is 84.2 Å². The Labute approximate surface area is 207 Å². The molecule has 0 unspecified atom stereocenters. The molecule has 12 heteroatoms. The van der Waals surface area contributed by atoms with Gasteiger partial charge in [0.15, 0.2) is 0 Å². The maximum atomic E-state index is 9.08. The van der Waals surface area contributed by atoms with E-state index in [1.165, 1.54) is 21.9 Å². The minimum absolute atomic E-state index is 0. The molecule has 0 aliphatic rings. The third-order valence-electron chi connectivity index (χ3n) is 4.57. The summed E-state index contributed by atoms with van der Waals surface area (Å²) >= 11 is -3.11. The normalized spacial score (nSPS) is 10.5. The molecule has 0 saturated heterocycles. The summed E-state index contributed by atoms with van der Waals surface area (Å²) in [7, 11) is -0.555. The van der Waals surface area contributed by atoms with E-state index in [4.69, 9.17) is 36.0 Å². The van der Waals surface area contributed by atoms with Crippen molar-refractivity contribution < 1.29 is 45.4 Å². The van der Waals surface area contributed by atoms with Crippen LogP contribution in [0.2, 0.25) is 0 Å². The highest BCUT2D eigenvalue weighted by molar-refractivity contribution is 7.84. The zero-order valence-corrected chi connectivity index (χ0v) is 20.2. The highest BCUT2D eigenvalue weighted by atomic mass is 32.2. The van der Waals surface area contributed by atoms with Gasteiger partial charge in [-0.2, -0.15) is 0 Å². The van der Waals surface area contributed by atoms with Crippen LogP contribution in [0.4, 0.5) is 0 Å². The Balaban J connectivity index is 0.000000530. The first kappa shape index (κ1) is 29.9. The van der Waals surface area contributed by atoms with Gasteiger partial charge >= 0.3 is 0 Å². The van der Waals surface area contributed by atoms with E-state index >= 15 is 0 Å². The fourth-order valence-electron chi connectivity index (χ4n) is 3.36. The molecule has 0 aliphatic carbocycles. The van der Waals surface area contributed by atoms with Crippen molar-refractivity contribution in [3.8, 4) is 0 Å². The summed E-state index contributed by atoms with van der Waals surface area (Å²) in [5.41, 5.74) is 4.66. The Morgan fingerprint density at radius 2 is 1.11 bits per heavy atom. The van der Waals surface area contributed by atoms with Crippen molar-refractivity contribution in [2.45, 2.75) is 13.8 Å². The SMILES string of the molecule is C.CO[n+]1ccc(Cc2cc[n+](OC)c3ccccc23)c2ccccc21.CS(=O)(=O)[O-].O=S([O-])[O-]. The van der Waals surface area contributed by atoms with Crippen LogP contribution in [0.5, 0.6) is 0 Å². The van der Waals surface area contributed by atoms with Crippen LogP contribution in [-0.4, -0.2) is 46.8 Å². The van der Waals surface area contributed by atoms with E-state index in [2.05, 4.69) is 48.5 Å². The van der Waals surface area contributed by atoms with Gasteiger partial charge in [0.05, 0.1) is 20.9 Å². The van der Waals surface area contributed by atoms with Gasteiger partial charge in [-0.25, -0.2) is 8.42 Å². The highest BCUT2D eigenvalue weighted by Gasteiger charge is 2.17. The number of hydrogen-bond donors (Lipinski definition) is 0. The van der Waals surface area contributed by atoms with E-state index in [-0.39, 0.29) is 7.43 Å². The van der Waals surface area contributed by atoms with E-state index < -0.39 is 21.5 Å².